The Morgan fingerprint density at radius 1 is 1.41 bits per heavy atom. The molecule has 90 valence electrons. The van der Waals surface area contributed by atoms with Gasteiger partial charge in [0.15, 0.2) is 0 Å². The lowest BCUT2D eigenvalue weighted by molar-refractivity contribution is 0.318. The molecule has 1 saturated carbocycles. The summed E-state index contributed by atoms with van der Waals surface area (Å²) in [6, 6.07) is 0.685. The summed E-state index contributed by atoms with van der Waals surface area (Å²) < 4.78 is 0. The van der Waals surface area contributed by atoms with Crippen LogP contribution in [0.15, 0.2) is 53.5 Å². The Morgan fingerprint density at radius 2 is 2.06 bits per heavy atom. The Balaban J connectivity index is 1.95. The highest BCUT2D eigenvalue weighted by Crippen LogP contribution is 2.24. The van der Waals surface area contributed by atoms with Crippen molar-refractivity contribution < 1.29 is 0 Å². The number of nitrogens with zero attached hydrogens (tertiary/aromatic N) is 1. The van der Waals surface area contributed by atoms with Crippen molar-refractivity contribution >= 4 is 0 Å². The van der Waals surface area contributed by atoms with Crippen molar-refractivity contribution in [1.82, 2.24) is 4.90 Å². The van der Waals surface area contributed by atoms with Crippen LogP contribution < -0.4 is 0 Å². The third-order valence-corrected chi connectivity index (χ3v) is 3.53. The van der Waals surface area contributed by atoms with Gasteiger partial charge in [0.1, 0.15) is 0 Å². The summed E-state index contributed by atoms with van der Waals surface area (Å²) in [5, 5.41) is 0. The molecule has 1 fully saturated rings. The van der Waals surface area contributed by atoms with E-state index in [0.29, 0.717) is 6.04 Å². The third-order valence-electron chi connectivity index (χ3n) is 3.53. The SMILES string of the molecule is C=C(C=C=C(C)C=C1C=C1)N(C)C1CCCC1. The molecule has 0 amide bonds. The van der Waals surface area contributed by atoms with E-state index in [1.807, 2.05) is 6.08 Å². The highest BCUT2D eigenvalue weighted by molar-refractivity contribution is 5.50. The van der Waals surface area contributed by atoms with Crippen LogP contribution in [0.25, 0.3) is 0 Å². The molecular formula is C16H21N. The molecule has 0 spiro atoms. The maximum absolute atomic E-state index is 4.12. The smallest absolute Gasteiger partial charge is 0.0371 e. The fourth-order valence-electron chi connectivity index (χ4n) is 2.26. The van der Waals surface area contributed by atoms with Gasteiger partial charge in [-0.25, -0.2) is 0 Å². The Morgan fingerprint density at radius 3 is 2.65 bits per heavy atom. The van der Waals surface area contributed by atoms with E-state index in [2.05, 4.69) is 49.4 Å². The second-order valence-electron chi connectivity index (χ2n) is 4.99. The van der Waals surface area contributed by atoms with Crippen molar-refractivity contribution in [1.29, 1.82) is 0 Å². The Bertz CT molecular complexity index is 416. The van der Waals surface area contributed by atoms with Crippen LogP contribution in [-0.2, 0) is 0 Å². The fourth-order valence-corrected chi connectivity index (χ4v) is 2.26. The van der Waals surface area contributed by atoms with E-state index < -0.39 is 0 Å². The highest BCUT2D eigenvalue weighted by Gasteiger charge is 2.19. The Labute approximate surface area is 105 Å². The third kappa shape index (κ3) is 3.51. The maximum Gasteiger partial charge on any atom is 0.0371 e. The van der Waals surface area contributed by atoms with Gasteiger partial charge in [0.2, 0.25) is 0 Å². The van der Waals surface area contributed by atoms with Crippen LogP contribution >= 0.6 is 0 Å². The van der Waals surface area contributed by atoms with E-state index in [4.69, 9.17) is 0 Å². The summed E-state index contributed by atoms with van der Waals surface area (Å²) >= 11 is 0. The predicted molar refractivity (Wildman–Crippen MR) is 73.7 cm³/mol. The standard InChI is InChI=1S/C16H21N/c1-13(12-15-10-11-15)8-9-14(2)17(3)16-6-4-5-7-16/h9-12,16H,2,4-7H2,1,3H3. The van der Waals surface area contributed by atoms with Gasteiger partial charge in [-0.1, -0.05) is 31.6 Å². The lowest BCUT2D eigenvalue weighted by atomic mass is 10.2. The van der Waals surface area contributed by atoms with Crippen molar-refractivity contribution in [3.63, 3.8) is 0 Å². The first-order chi connectivity index (χ1) is 8.16. The quantitative estimate of drug-likeness (QED) is 0.519. The van der Waals surface area contributed by atoms with Gasteiger partial charge in [0.05, 0.1) is 0 Å². The molecule has 0 unspecified atom stereocenters. The van der Waals surface area contributed by atoms with Gasteiger partial charge in [-0.15, -0.1) is 5.73 Å². The van der Waals surface area contributed by atoms with Gasteiger partial charge in [-0.3, -0.25) is 0 Å². The van der Waals surface area contributed by atoms with Gasteiger partial charge >= 0.3 is 0 Å². The normalized spacial score (nSPS) is 17.6. The zero-order valence-electron chi connectivity index (χ0n) is 10.9. The molecule has 2 aliphatic carbocycles. The van der Waals surface area contributed by atoms with Crippen molar-refractivity contribution in [2.75, 3.05) is 7.05 Å². The van der Waals surface area contributed by atoms with Crippen LogP contribution in [0.4, 0.5) is 0 Å². The van der Waals surface area contributed by atoms with Gasteiger partial charge in [-0.05, 0) is 37.0 Å². The van der Waals surface area contributed by atoms with E-state index in [1.54, 1.807) is 0 Å². The molecule has 0 radical (unpaired) electrons. The lowest BCUT2D eigenvalue weighted by Gasteiger charge is -2.26. The summed E-state index contributed by atoms with van der Waals surface area (Å²) in [5.74, 6) is 0. The van der Waals surface area contributed by atoms with Crippen molar-refractivity contribution in [3.8, 4) is 0 Å². The average Bonchev–Trinajstić information content (AvgIpc) is 2.96. The first kappa shape index (κ1) is 12.0. The summed E-state index contributed by atoms with van der Waals surface area (Å²) in [6.07, 6.45) is 13.7. The van der Waals surface area contributed by atoms with E-state index in [1.165, 1.54) is 31.3 Å². The molecule has 0 N–H and O–H groups in total. The molecule has 0 saturated heterocycles. The second-order valence-corrected chi connectivity index (χ2v) is 4.99. The summed E-state index contributed by atoms with van der Waals surface area (Å²) in [4.78, 5) is 2.30. The molecule has 0 aromatic rings. The largest absolute Gasteiger partial charge is 0.372 e. The first-order valence-corrected chi connectivity index (χ1v) is 6.41. The number of rotatable bonds is 4. The molecule has 2 aliphatic rings. The van der Waals surface area contributed by atoms with Crippen LogP contribution in [0.5, 0.6) is 0 Å². The second kappa shape index (κ2) is 5.25. The molecular weight excluding hydrogens is 206 g/mol. The number of hydrogen-bond acceptors (Lipinski definition) is 1. The molecule has 1 heteroatoms. The molecule has 17 heavy (non-hydrogen) atoms. The molecule has 0 heterocycles. The number of allylic oxidation sites excluding steroid dienone is 5. The lowest BCUT2D eigenvalue weighted by Crippen LogP contribution is -2.27. The van der Waals surface area contributed by atoms with E-state index in [9.17, 15) is 0 Å². The van der Waals surface area contributed by atoms with Crippen LogP contribution in [0.1, 0.15) is 32.6 Å². The highest BCUT2D eigenvalue weighted by atomic mass is 15.1. The number of likely N-dealkylation sites (N-methyl/N-ethyl adjacent to an activating group) is 1. The Hall–Kier alpha value is -1.46. The first-order valence-electron chi connectivity index (χ1n) is 6.41. The number of hydrogen-bond donors (Lipinski definition) is 0. The summed E-state index contributed by atoms with van der Waals surface area (Å²) in [6.45, 7) is 6.20. The topological polar surface area (TPSA) is 3.24 Å². The monoisotopic (exact) mass is 227 g/mol. The zero-order valence-corrected chi connectivity index (χ0v) is 10.9. The van der Waals surface area contributed by atoms with Crippen molar-refractivity contribution in [2.45, 2.75) is 38.6 Å². The molecule has 0 aliphatic heterocycles. The summed E-state index contributed by atoms with van der Waals surface area (Å²) in [7, 11) is 2.15. The Kier molecular flexibility index (Phi) is 3.71. The van der Waals surface area contributed by atoms with Crippen LogP contribution in [0.2, 0.25) is 0 Å². The average molecular weight is 227 g/mol. The maximum atomic E-state index is 4.12. The summed E-state index contributed by atoms with van der Waals surface area (Å²) in [5.41, 5.74) is 6.82. The van der Waals surface area contributed by atoms with Gasteiger partial charge in [0, 0.05) is 24.9 Å². The van der Waals surface area contributed by atoms with Crippen molar-refractivity contribution in [2.24, 2.45) is 0 Å². The fraction of sp³-hybridized carbons (Fsp3) is 0.438. The zero-order chi connectivity index (χ0) is 12.3. The molecule has 1 nitrogen and oxygen atoms in total. The molecule has 0 bridgehead atoms. The minimum absolute atomic E-state index is 0.685. The van der Waals surface area contributed by atoms with Crippen LogP contribution in [0, 0.1) is 0 Å². The van der Waals surface area contributed by atoms with Crippen LogP contribution in [-0.4, -0.2) is 18.0 Å². The molecule has 0 aromatic heterocycles. The minimum Gasteiger partial charge on any atom is -0.372 e. The van der Waals surface area contributed by atoms with E-state index in [0.717, 1.165) is 11.3 Å². The van der Waals surface area contributed by atoms with Crippen LogP contribution in [0.3, 0.4) is 0 Å². The predicted octanol–water partition coefficient (Wildman–Crippen LogP) is 3.97. The molecule has 2 rings (SSSR count). The van der Waals surface area contributed by atoms with Gasteiger partial charge in [0.25, 0.3) is 0 Å². The van der Waals surface area contributed by atoms with Gasteiger partial charge < -0.3 is 4.90 Å². The minimum atomic E-state index is 0.685. The van der Waals surface area contributed by atoms with Crippen molar-refractivity contribution in [3.05, 3.63) is 53.5 Å². The molecule has 0 aromatic carbocycles. The van der Waals surface area contributed by atoms with E-state index in [-0.39, 0.29) is 0 Å². The van der Waals surface area contributed by atoms with E-state index >= 15 is 0 Å². The van der Waals surface area contributed by atoms with Gasteiger partial charge in [-0.2, -0.15) is 0 Å². The molecule has 0 atom stereocenters.